The first kappa shape index (κ1) is 17.2. The van der Waals surface area contributed by atoms with Gasteiger partial charge in [-0.2, -0.15) is 5.10 Å². The average molecular weight is 341 g/mol. The molecule has 6 heteroatoms. The van der Waals surface area contributed by atoms with Gasteiger partial charge in [-0.15, -0.1) is 0 Å². The van der Waals surface area contributed by atoms with Gasteiger partial charge in [-0.1, -0.05) is 25.1 Å². The van der Waals surface area contributed by atoms with Crippen LogP contribution in [0.2, 0.25) is 0 Å². The molecule has 1 amide bonds. The second-order valence-electron chi connectivity index (χ2n) is 6.65. The smallest absolute Gasteiger partial charge is 0.308 e. The number of carboxylic acids is 1. The fourth-order valence-corrected chi connectivity index (χ4v) is 2.82. The molecule has 25 heavy (non-hydrogen) atoms. The summed E-state index contributed by atoms with van der Waals surface area (Å²) in [6.45, 7) is 1.94. The summed E-state index contributed by atoms with van der Waals surface area (Å²) in [5.74, 6) is -1.36. The molecule has 1 unspecified atom stereocenters. The van der Waals surface area contributed by atoms with E-state index in [4.69, 9.17) is 5.11 Å². The van der Waals surface area contributed by atoms with Crippen molar-refractivity contribution in [3.63, 3.8) is 0 Å². The first-order valence-corrected chi connectivity index (χ1v) is 8.66. The van der Waals surface area contributed by atoms with Gasteiger partial charge >= 0.3 is 5.97 Å². The summed E-state index contributed by atoms with van der Waals surface area (Å²) in [6, 6.07) is 10.0. The number of hydrogen-bond donors (Lipinski definition) is 1. The normalized spacial score (nSPS) is 14.9. The Bertz CT molecular complexity index is 737. The van der Waals surface area contributed by atoms with Gasteiger partial charge in [0.25, 0.3) is 0 Å². The van der Waals surface area contributed by atoms with Crippen LogP contribution in [0.5, 0.6) is 0 Å². The summed E-state index contributed by atoms with van der Waals surface area (Å²) in [5.41, 5.74) is 1.98. The van der Waals surface area contributed by atoms with E-state index in [2.05, 4.69) is 5.10 Å². The molecule has 0 spiro atoms. The Balaban J connectivity index is 1.58. The predicted octanol–water partition coefficient (Wildman–Crippen LogP) is 2.52. The van der Waals surface area contributed by atoms with E-state index < -0.39 is 11.9 Å². The molecule has 0 bridgehead atoms. The molecule has 1 atom stereocenters. The van der Waals surface area contributed by atoms with E-state index >= 15 is 0 Å². The summed E-state index contributed by atoms with van der Waals surface area (Å²) in [7, 11) is 0. The van der Waals surface area contributed by atoms with Crippen LogP contribution in [-0.4, -0.2) is 44.3 Å². The van der Waals surface area contributed by atoms with Gasteiger partial charge < -0.3 is 10.0 Å². The molecule has 1 aliphatic rings. The van der Waals surface area contributed by atoms with Gasteiger partial charge in [0.1, 0.15) is 0 Å². The van der Waals surface area contributed by atoms with Crippen molar-refractivity contribution in [3.05, 3.63) is 48.3 Å². The van der Waals surface area contributed by atoms with Crippen molar-refractivity contribution in [1.82, 2.24) is 14.7 Å². The van der Waals surface area contributed by atoms with Crippen molar-refractivity contribution in [3.8, 4) is 5.69 Å². The minimum atomic E-state index is -0.859. The SMILES string of the molecule is CC(CN(C(=O)CCc1cnn(-c2ccccc2)c1)C1CC1)C(=O)O. The van der Waals surface area contributed by atoms with Crippen LogP contribution in [0, 0.1) is 5.92 Å². The van der Waals surface area contributed by atoms with Crippen LogP contribution < -0.4 is 0 Å². The lowest BCUT2D eigenvalue weighted by atomic mass is 10.1. The molecule has 1 aromatic heterocycles. The quantitative estimate of drug-likeness (QED) is 0.800. The van der Waals surface area contributed by atoms with Crippen molar-refractivity contribution < 1.29 is 14.7 Å². The van der Waals surface area contributed by atoms with Crippen LogP contribution in [0.1, 0.15) is 31.7 Å². The number of para-hydroxylation sites is 1. The predicted molar refractivity (Wildman–Crippen MR) is 93.4 cm³/mol. The van der Waals surface area contributed by atoms with Crippen LogP contribution in [0.25, 0.3) is 5.69 Å². The van der Waals surface area contributed by atoms with Crippen molar-refractivity contribution in [2.24, 2.45) is 5.92 Å². The Morgan fingerprint density at radius 1 is 1.32 bits per heavy atom. The Kier molecular flexibility index (Phi) is 5.16. The fourth-order valence-electron chi connectivity index (χ4n) is 2.82. The Labute approximate surface area is 147 Å². The number of nitrogens with zero attached hydrogens (tertiary/aromatic N) is 3. The largest absolute Gasteiger partial charge is 0.481 e. The van der Waals surface area contributed by atoms with E-state index in [9.17, 15) is 9.59 Å². The molecular weight excluding hydrogens is 318 g/mol. The highest BCUT2D eigenvalue weighted by molar-refractivity contribution is 5.78. The molecule has 0 radical (unpaired) electrons. The summed E-state index contributed by atoms with van der Waals surface area (Å²) >= 11 is 0. The third-order valence-electron chi connectivity index (χ3n) is 4.48. The topological polar surface area (TPSA) is 75.4 Å². The highest BCUT2D eigenvalue weighted by atomic mass is 16.4. The van der Waals surface area contributed by atoms with Crippen molar-refractivity contribution >= 4 is 11.9 Å². The van der Waals surface area contributed by atoms with E-state index in [0.717, 1.165) is 24.1 Å². The monoisotopic (exact) mass is 341 g/mol. The number of aliphatic carboxylic acids is 1. The number of rotatable bonds is 8. The lowest BCUT2D eigenvalue weighted by Gasteiger charge is -2.24. The van der Waals surface area contributed by atoms with E-state index in [1.165, 1.54) is 0 Å². The lowest BCUT2D eigenvalue weighted by molar-refractivity contribution is -0.143. The number of carbonyl (C=O) groups excluding carboxylic acids is 1. The zero-order valence-corrected chi connectivity index (χ0v) is 14.3. The molecule has 1 aliphatic carbocycles. The summed E-state index contributed by atoms with van der Waals surface area (Å²) in [5, 5.41) is 13.4. The number of aryl methyl sites for hydroxylation is 1. The van der Waals surface area contributed by atoms with Crippen molar-refractivity contribution in [1.29, 1.82) is 0 Å². The van der Waals surface area contributed by atoms with Gasteiger partial charge in [0.05, 0.1) is 17.8 Å². The zero-order chi connectivity index (χ0) is 17.8. The zero-order valence-electron chi connectivity index (χ0n) is 14.3. The van der Waals surface area contributed by atoms with Gasteiger partial charge in [-0.05, 0) is 37.0 Å². The number of carboxylic acid groups (broad SMARTS) is 1. The van der Waals surface area contributed by atoms with Gasteiger partial charge in [0.2, 0.25) is 5.91 Å². The highest BCUT2D eigenvalue weighted by Gasteiger charge is 2.34. The van der Waals surface area contributed by atoms with Crippen molar-refractivity contribution in [2.75, 3.05) is 6.54 Å². The van der Waals surface area contributed by atoms with Gasteiger partial charge in [0.15, 0.2) is 0 Å². The number of amides is 1. The number of benzene rings is 1. The maximum absolute atomic E-state index is 12.5. The fraction of sp³-hybridized carbons (Fsp3) is 0.421. The molecule has 1 N–H and O–H groups in total. The highest BCUT2D eigenvalue weighted by Crippen LogP contribution is 2.28. The Hall–Kier alpha value is -2.63. The molecule has 1 aromatic carbocycles. The summed E-state index contributed by atoms with van der Waals surface area (Å²) in [4.78, 5) is 25.4. The minimum absolute atomic E-state index is 0.0306. The third-order valence-corrected chi connectivity index (χ3v) is 4.48. The first-order chi connectivity index (χ1) is 12.0. The summed E-state index contributed by atoms with van der Waals surface area (Å²) in [6.07, 6.45) is 6.65. The van der Waals surface area contributed by atoms with Gasteiger partial charge in [-0.25, -0.2) is 4.68 Å². The molecule has 6 nitrogen and oxygen atoms in total. The van der Waals surface area contributed by atoms with E-state index in [0.29, 0.717) is 19.4 Å². The second-order valence-corrected chi connectivity index (χ2v) is 6.65. The summed E-state index contributed by atoms with van der Waals surface area (Å²) < 4.78 is 1.80. The van der Waals surface area contributed by atoms with Crippen LogP contribution in [0.4, 0.5) is 0 Å². The van der Waals surface area contributed by atoms with Crippen LogP contribution in [-0.2, 0) is 16.0 Å². The average Bonchev–Trinajstić information content (AvgIpc) is 3.35. The number of hydrogen-bond acceptors (Lipinski definition) is 3. The van der Waals surface area contributed by atoms with Gasteiger partial charge in [0, 0.05) is 25.2 Å². The van der Waals surface area contributed by atoms with E-state index in [1.807, 2.05) is 36.5 Å². The standard InChI is InChI=1S/C19H23N3O3/c1-14(19(24)25)12-21(16-8-9-16)18(23)10-7-15-11-20-22(13-15)17-5-3-2-4-6-17/h2-6,11,13-14,16H,7-10,12H2,1H3,(H,24,25). The lowest BCUT2D eigenvalue weighted by Crippen LogP contribution is -2.38. The Morgan fingerprint density at radius 2 is 2.04 bits per heavy atom. The maximum atomic E-state index is 12.5. The van der Waals surface area contributed by atoms with Crippen LogP contribution in [0.15, 0.2) is 42.7 Å². The molecule has 132 valence electrons. The maximum Gasteiger partial charge on any atom is 0.308 e. The first-order valence-electron chi connectivity index (χ1n) is 8.66. The van der Waals surface area contributed by atoms with E-state index in [-0.39, 0.29) is 11.9 Å². The van der Waals surface area contributed by atoms with Crippen molar-refractivity contribution in [2.45, 2.75) is 38.6 Å². The second kappa shape index (κ2) is 7.51. The molecule has 0 aliphatic heterocycles. The number of carbonyl (C=O) groups is 2. The molecule has 1 saturated carbocycles. The minimum Gasteiger partial charge on any atom is -0.481 e. The molecule has 1 heterocycles. The number of aromatic nitrogens is 2. The van der Waals surface area contributed by atoms with E-state index in [1.54, 1.807) is 22.7 Å². The molecule has 3 rings (SSSR count). The van der Waals surface area contributed by atoms with Gasteiger partial charge in [-0.3, -0.25) is 9.59 Å². The Morgan fingerprint density at radius 3 is 2.68 bits per heavy atom. The molecule has 0 saturated heterocycles. The third kappa shape index (κ3) is 4.47. The van der Waals surface area contributed by atoms with Crippen LogP contribution >= 0.6 is 0 Å². The molecule has 2 aromatic rings. The van der Waals surface area contributed by atoms with Crippen LogP contribution in [0.3, 0.4) is 0 Å². The molecule has 1 fully saturated rings. The molecular formula is C19H23N3O3.